The molecule has 0 aliphatic rings. The molecule has 0 amide bonds. The lowest BCUT2D eigenvalue weighted by molar-refractivity contribution is -0.152. The van der Waals surface area contributed by atoms with Crippen LogP contribution >= 0.6 is 0 Å². The molecule has 0 aliphatic carbocycles. The van der Waals surface area contributed by atoms with E-state index in [0.29, 0.717) is 13.0 Å². The van der Waals surface area contributed by atoms with E-state index in [4.69, 9.17) is 4.74 Å². The van der Waals surface area contributed by atoms with Crippen LogP contribution in [0.15, 0.2) is 30.3 Å². The molecule has 0 saturated heterocycles. The minimum Gasteiger partial charge on any atom is -0.481 e. The number of ether oxygens (including phenoxy) is 1. The van der Waals surface area contributed by atoms with Crippen molar-refractivity contribution < 1.29 is 19.4 Å². The van der Waals surface area contributed by atoms with Crippen molar-refractivity contribution in [3.05, 3.63) is 35.9 Å². The predicted molar refractivity (Wildman–Crippen MR) is 90.2 cm³/mol. The first-order chi connectivity index (χ1) is 11.0. The third-order valence-electron chi connectivity index (χ3n) is 3.70. The molecule has 0 radical (unpaired) electrons. The number of benzene rings is 1. The molecule has 0 aliphatic heterocycles. The van der Waals surface area contributed by atoms with E-state index in [1.54, 1.807) is 0 Å². The number of rotatable bonds is 11. The van der Waals surface area contributed by atoms with Gasteiger partial charge in [-0.3, -0.25) is 9.59 Å². The highest BCUT2D eigenvalue weighted by Gasteiger charge is 2.21. The third-order valence-corrected chi connectivity index (χ3v) is 3.70. The van der Waals surface area contributed by atoms with Gasteiger partial charge in [-0.05, 0) is 30.7 Å². The summed E-state index contributed by atoms with van der Waals surface area (Å²) >= 11 is 0. The quantitative estimate of drug-likeness (QED) is 0.493. The molecule has 0 aromatic heterocycles. The minimum atomic E-state index is -0.908. The number of carboxylic acid groups (broad SMARTS) is 1. The van der Waals surface area contributed by atoms with E-state index in [-0.39, 0.29) is 12.3 Å². The fourth-order valence-electron chi connectivity index (χ4n) is 2.37. The fraction of sp³-hybridized carbons (Fsp3) is 0.579. The Labute approximate surface area is 138 Å². The van der Waals surface area contributed by atoms with Gasteiger partial charge in [0.05, 0.1) is 18.9 Å². The molecule has 23 heavy (non-hydrogen) atoms. The standard InChI is InChI=1S/C19H28O4/c1-15(2)14-23-18(20)13-17(19(21)22)12-8-4-7-11-16-9-5-3-6-10-16/h3,5-6,9-10,15,17H,4,7-8,11-14H2,1-2H3,(H,21,22)/t17-/m0/s1. The summed E-state index contributed by atoms with van der Waals surface area (Å²) in [5.74, 6) is -1.68. The van der Waals surface area contributed by atoms with Crippen molar-refractivity contribution in [1.29, 1.82) is 0 Å². The van der Waals surface area contributed by atoms with Gasteiger partial charge in [0.15, 0.2) is 0 Å². The number of hydrogen-bond donors (Lipinski definition) is 1. The summed E-state index contributed by atoms with van der Waals surface area (Å²) < 4.78 is 5.07. The van der Waals surface area contributed by atoms with Crippen molar-refractivity contribution >= 4 is 11.9 Å². The topological polar surface area (TPSA) is 63.6 Å². The second-order valence-corrected chi connectivity index (χ2v) is 6.40. The molecule has 1 rings (SSSR count). The van der Waals surface area contributed by atoms with Crippen molar-refractivity contribution in [2.24, 2.45) is 11.8 Å². The van der Waals surface area contributed by atoms with Crippen molar-refractivity contribution in [3.63, 3.8) is 0 Å². The van der Waals surface area contributed by atoms with Crippen LogP contribution in [0.1, 0.15) is 51.5 Å². The van der Waals surface area contributed by atoms with Gasteiger partial charge in [-0.25, -0.2) is 0 Å². The van der Waals surface area contributed by atoms with Gasteiger partial charge in [0, 0.05) is 0 Å². The van der Waals surface area contributed by atoms with Gasteiger partial charge in [0.25, 0.3) is 0 Å². The zero-order valence-electron chi connectivity index (χ0n) is 14.2. The average Bonchev–Trinajstić information content (AvgIpc) is 2.52. The molecule has 4 nitrogen and oxygen atoms in total. The third kappa shape index (κ3) is 9.01. The highest BCUT2D eigenvalue weighted by atomic mass is 16.5. The van der Waals surface area contributed by atoms with Crippen LogP contribution in [0.3, 0.4) is 0 Å². The molecular formula is C19H28O4. The normalized spacial score (nSPS) is 12.1. The van der Waals surface area contributed by atoms with E-state index in [2.05, 4.69) is 12.1 Å². The summed E-state index contributed by atoms with van der Waals surface area (Å²) in [7, 11) is 0. The number of hydrogen-bond acceptors (Lipinski definition) is 3. The highest BCUT2D eigenvalue weighted by Crippen LogP contribution is 2.16. The predicted octanol–water partition coefficient (Wildman–Crippen LogP) is 4.08. The Hall–Kier alpha value is -1.84. The number of aryl methyl sites for hydroxylation is 1. The second-order valence-electron chi connectivity index (χ2n) is 6.40. The molecule has 0 fully saturated rings. The van der Waals surface area contributed by atoms with E-state index in [9.17, 15) is 14.7 Å². The first kappa shape index (κ1) is 19.2. The van der Waals surface area contributed by atoms with Crippen LogP contribution < -0.4 is 0 Å². The number of carbonyl (C=O) groups is 2. The number of carboxylic acids is 1. The minimum absolute atomic E-state index is 0.0270. The van der Waals surface area contributed by atoms with Crippen LogP contribution in [-0.4, -0.2) is 23.7 Å². The molecule has 1 atom stereocenters. The van der Waals surface area contributed by atoms with E-state index < -0.39 is 17.9 Å². The summed E-state index contributed by atoms with van der Waals surface area (Å²) in [6.07, 6.45) is 4.34. The van der Waals surface area contributed by atoms with Gasteiger partial charge >= 0.3 is 11.9 Å². The fourth-order valence-corrected chi connectivity index (χ4v) is 2.37. The van der Waals surface area contributed by atoms with Crippen molar-refractivity contribution in [1.82, 2.24) is 0 Å². The number of aliphatic carboxylic acids is 1. The Balaban J connectivity index is 2.22. The lowest BCUT2D eigenvalue weighted by Gasteiger charge is -2.13. The molecule has 0 bridgehead atoms. The summed E-state index contributed by atoms with van der Waals surface area (Å²) in [5, 5.41) is 9.23. The SMILES string of the molecule is CC(C)COC(=O)C[C@H](CCCCCc1ccccc1)C(=O)O. The Morgan fingerprint density at radius 1 is 1.09 bits per heavy atom. The van der Waals surface area contributed by atoms with Gasteiger partial charge in [0.1, 0.15) is 0 Å². The molecule has 4 heteroatoms. The highest BCUT2D eigenvalue weighted by molar-refractivity contribution is 5.78. The monoisotopic (exact) mass is 320 g/mol. The zero-order valence-corrected chi connectivity index (χ0v) is 14.2. The van der Waals surface area contributed by atoms with E-state index >= 15 is 0 Å². The summed E-state index contributed by atoms with van der Waals surface area (Å²) in [4.78, 5) is 22.9. The Morgan fingerprint density at radius 2 is 1.78 bits per heavy atom. The van der Waals surface area contributed by atoms with Gasteiger partial charge in [0.2, 0.25) is 0 Å². The van der Waals surface area contributed by atoms with Crippen molar-refractivity contribution in [2.45, 2.75) is 52.4 Å². The van der Waals surface area contributed by atoms with Crippen LogP contribution in [0.4, 0.5) is 0 Å². The smallest absolute Gasteiger partial charge is 0.307 e. The van der Waals surface area contributed by atoms with Crippen LogP contribution in [0.25, 0.3) is 0 Å². The second kappa shape index (κ2) is 10.8. The lowest BCUT2D eigenvalue weighted by atomic mass is 9.97. The summed E-state index contributed by atoms with van der Waals surface area (Å²) in [6.45, 7) is 4.26. The van der Waals surface area contributed by atoms with E-state index in [1.807, 2.05) is 32.0 Å². The molecule has 1 aromatic rings. The van der Waals surface area contributed by atoms with Gasteiger partial charge in [-0.2, -0.15) is 0 Å². The van der Waals surface area contributed by atoms with Gasteiger partial charge in [-0.15, -0.1) is 0 Å². The molecule has 0 heterocycles. The average molecular weight is 320 g/mol. The van der Waals surface area contributed by atoms with Crippen LogP contribution in [0, 0.1) is 11.8 Å². The molecule has 1 aromatic carbocycles. The van der Waals surface area contributed by atoms with E-state index in [0.717, 1.165) is 25.7 Å². The molecule has 1 N–H and O–H groups in total. The van der Waals surface area contributed by atoms with Crippen LogP contribution in [-0.2, 0) is 20.7 Å². The molecule has 0 spiro atoms. The maximum atomic E-state index is 11.7. The number of unbranched alkanes of at least 4 members (excludes halogenated alkanes) is 2. The summed E-state index contributed by atoms with van der Waals surface area (Å²) in [6, 6.07) is 10.3. The maximum absolute atomic E-state index is 11.7. The number of esters is 1. The molecule has 0 saturated carbocycles. The van der Waals surface area contributed by atoms with Crippen LogP contribution in [0.2, 0.25) is 0 Å². The van der Waals surface area contributed by atoms with Crippen LogP contribution in [0.5, 0.6) is 0 Å². The largest absolute Gasteiger partial charge is 0.481 e. The maximum Gasteiger partial charge on any atom is 0.307 e. The molecule has 128 valence electrons. The number of carbonyl (C=O) groups excluding carboxylic acids is 1. The first-order valence-corrected chi connectivity index (χ1v) is 8.41. The molecule has 0 unspecified atom stereocenters. The Morgan fingerprint density at radius 3 is 2.39 bits per heavy atom. The lowest BCUT2D eigenvalue weighted by Crippen LogP contribution is -2.20. The van der Waals surface area contributed by atoms with Gasteiger partial charge in [-0.1, -0.05) is 57.0 Å². The van der Waals surface area contributed by atoms with Gasteiger partial charge < -0.3 is 9.84 Å². The van der Waals surface area contributed by atoms with E-state index in [1.165, 1.54) is 5.56 Å². The molecular weight excluding hydrogens is 292 g/mol. The van der Waals surface area contributed by atoms with Crippen molar-refractivity contribution in [2.75, 3.05) is 6.61 Å². The first-order valence-electron chi connectivity index (χ1n) is 8.41. The Kier molecular flexibility index (Phi) is 9.03. The Bertz CT molecular complexity index is 468. The zero-order chi connectivity index (χ0) is 17.1. The summed E-state index contributed by atoms with van der Waals surface area (Å²) in [5.41, 5.74) is 1.31. The van der Waals surface area contributed by atoms with Crippen molar-refractivity contribution in [3.8, 4) is 0 Å².